The molecular weight excluding hydrogens is 248 g/mol. The Labute approximate surface area is 109 Å². The number of rotatable bonds is 2. The second-order valence-electron chi connectivity index (χ2n) is 4.29. The number of aromatic nitrogens is 3. The van der Waals surface area contributed by atoms with Crippen molar-refractivity contribution in [3.8, 4) is 16.6 Å². The van der Waals surface area contributed by atoms with Crippen LogP contribution in [0, 0.1) is 0 Å². The fraction of sp³-hybridized carbons (Fsp3) is 0.417. The maximum atomic E-state index is 6.10. The Balaban J connectivity index is 1.96. The quantitative estimate of drug-likeness (QED) is 0.895. The molecule has 94 valence electrons. The highest BCUT2D eigenvalue weighted by molar-refractivity contribution is 7.15. The van der Waals surface area contributed by atoms with Crippen LogP contribution in [-0.4, -0.2) is 22.3 Å². The molecule has 0 radical (unpaired) electrons. The van der Waals surface area contributed by atoms with E-state index in [0.29, 0.717) is 5.88 Å². The first-order valence-electron chi connectivity index (χ1n) is 5.91. The molecule has 1 unspecified atom stereocenters. The van der Waals surface area contributed by atoms with Crippen molar-refractivity contribution >= 4 is 11.3 Å². The first kappa shape index (κ1) is 11.6. The summed E-state index contributed by atoms with van der Waals surface area (Å²) in [4.78, 5) is 5.82. The number of methoxy groups -OCH3 is 1. The predicted octanol–water partition coefficient (Wildman–Crippen LogP) is 1.94. The van der Waals surface area contributed by atoms with E-state index in [0.717, 1.165) is 35.7 Å². The third-order valence-corrected chi connectivity index (χ3v) is 4.31. The first-order chi connectivity index (χ1) is 8.78. The van der Waals surface area contributed by atoms with E-state index < -0.39 is 0 Å². The summed E-state index contributed by atoms with van der Waals surface area (Å²) in [5.41, 5.74) is 8.01. The zero-order valence-corrected chi connectivity index (χ0v) is 10.9. The van der Waals surface area contributed by atoms with E-state index in [2.05, 4.69) is 15.2 Å². The molecule has 6 heteroatoms. The topological polar surface area (TPSA) is 73.9 Å². The van der Waals surface area contributed by atoms with Gasteiger partial charge in [-0.1, -0.05) is 0 Å². The van der Waals surface area contributed by atoms with Gasteiger partial charge in [-0.15, -0.1) is 21.5 Å². The van der Waals surface area contributed by atoms with Gasteiger partial charge in [-0.25, -0.2) is 4.98 Å². The Kier molecular flexibility index (Phi) is 2.97. The van der Waals surface area contributed by atoms with Crippen molar-refractivity contribution in [1.82, 2.24) is 15.2 Å². The van der Waals surface area contributed by atoms with E-state index in [1.807, 2.05) is 6.07 Å². The predicted molar refractivity (Wildman–Crippen MR) is 69.6 cm³/mol. The van der Waals surface area contributed by atoms with Gasteiger partial charge in [-0.05, 0) is 25.3 Å². The Morgan fingerprint density at radius 3 is 2.94 bits per heavy atom. The van der Waals surface area contributed by atoms with Crippen LogP contribution in [-0.2, 0) is 6.42 Å². The minimum Gasteiger partial charge on any atom is -0.480 e. The molecule has 2 heterocycles. The molecule has 0 bridgehead atoms. The molecule has 0 saturated heterocycles. The van der Waals surface area contributed by atoms with E-state index in [1.54, 1.807) is 24.5 Å². The molecular formula is C12H14N4OS. The largest absolute Gasteiger partial charge is 0.480 e. The number of ether oxygens (including phenoxy) is 1. The molecule has 2 aromatic rings. The minimum absolute atomic E-state index is 0.131. The van der Waals surface area contributed by atoms with Gasteiger partial charge in [0.1, 0.15) is 10.7 Å². The molecule has 0 spiro atoms. The first-order valence-corrected chi connectivity index (χ1v) is 6.73. The lowest BCUT2D eigenvalue weighted by Crippen LogP contribution is -2.15. The van der Waals surface area contributed by atoms with Crippen molar-refractivity contribution in [3.63, 3.8) is 0 Å². The zero-order chi connectivity index (χ0) is 12.5. The van der Waals surface area contributed by atoms with Gasteiger partial charge in [0.15, 0.2) is 0 Å². The average molecular weight is 262 g/mol. The van der Waals surface area contributed by atoms with Crippen LogP contribution in [0.3, 0.4) is 0 Å². The van der Waals surface area contributed by atoms with Crippen LogP contribution in [0.4, 0.5) is 0 Å². The van der Waals surface area contributed by atoms with Crippen molar-refractivity contribution in [2.45, 2.75) is 25.3 Å². The second-order valence-corrected chi connectivity index (χ2v) is 5.32. The SMILES string of the molecule is COc1ccc(-c2nc3c(s2)C(N)CCC3)nn1. The second kappa shape index (κ2) is 4.62. The molecule has 2 N–H and O–H groups in total. The highest BCUT2D eigenvalue weighted by Gasteiger charge is 2.22. The van der Waals surface area contributed by atoms with Crippen molar-refractivity contribution in [1.29, 1.82) is 0 Å². The highest BCUT2D eigenvalue weighted by atomic mass is 32.1. The molecule has 1 aliphatic carbocycles. The molecule has 0 fully saturated rings. The van der Waals surface area contributed by atoms with Gasteiger partial charge in [0, 0.05) is 17.0 Å². The van der Waals surface area contributed by atoms with Crippen molar-refractivity contribution < 1.29 is 4.74 Å². The molecule has 0 amide bonds. The van der Waals surface area contributed by atoms with E-state index >= 15 is 0 Å². The molecule has 2 aromatic heterocycles. The van der Waals surface area contributed by atoms with Crippen molar-refractivity contribution in [2.75, 3.05) is 7.11 Å². The summed E-state index contributed by atoms with van der Waals surface area (Å²) < 4.78 is 4.99. The van der Waals surface area contributed by atoms with Crippen LogP contribution < -0.4 is 10.5 Å². The van der Waals surface area contributed by atoms with Crippen LogP contribution in [0.5, 0.6) is 5.88 Å². The molecule has 0 saturated carbocycles. The summed E-state index contributed by atoms with van der Waals surface area (Å²) in [7, 11) is 1.57. The fourth-order valence-corrected chi connectivity index (χ4v) is 3.22. The molecule has 0 aliphatic heterocycles. The number of hydrogen-bond acceptors (Lipinski definition) is 6. The smallest absolute Gasteiger partial charge is 0.233 e. The maximum absolute atomic E-state index is 6.10. The Hall–Kier alpha value is -1.53. The van der Waals surface area contributed by atoms with E-state index in [1.165, 1.54) is 4.88 Å². The molecule has 5 nitrogen and oxygen atoms in total. The number of aryl methyl sites for hydroxylation is 1. The van der Waals surface area contributed by atoms with Gasteiger partial charge in [0.2, 0.25) is 5.88 Å². The minimum atomic E-state index is 0.131. The van der Waals surface area contributed by atoms with Crippen LogP contribution in [0.15, 0.2) is 12.1 Å². The third kappa shape index (κ3) is 1.97. The number of nitrogens with two attached hydrogens (primary N) is 1. The zero-order valence-electron chi connectivity index (χ0n) is 10.1. The lowest BCUT2D eigenvalue weighted by Gasteiger charge is -2.15. The van der Waals surface area contributed by atoms with Crippen molar-refractivity contribution in [3.05, 3.63) is 22.7 Å². The van der Waals surface area contributed by atoms with Gasteiger partial charge in [-0.2, -0.15) is 0 Å². The summed E-state index contributed by atoms with van der Waals surface area (Å²) in [5, 5.41) is 8.98. The molecule has 18 heavy (non-hydrogen) atoms. The summed E-state index contributed by atoms with van der Waals surface area (Å²) in [6.45, 7) is 0. The van der Waals surface area contributed by atoms with Gasteiger partial charge < -0.3 is 10.5 Å². The summed E-state index contributed by atoms with van der Waals surface area (Å²) in [5.74, 6) is 0.511. The number of hydrogen-bond donors (Lipinski definition) is 1. The highest BCUT2D eigenvalue weighted by Crippen LogP contribution is 2.36. The Morgan fingerprint density at radius 1 is 1.39 bits per heavy atom. The average Bonchev–Trinajstić information content (AvgIpc) is 2.84. The van der Waals surface area contributed by atoms with Crippen LogP contribution in [0.25, 0.3) is 10.7 Å². The van der Waals surface area contributed by atoms with Crippen LogP contribution >= 0.6 is 11.3 Å². The summed E-state index contributed by atoms with van der Waals surface area (Å²) in [6, 6.07) is 3.80. The van der Waals surface area contributed by atoms with Crippen LogP contribution in [0.2, 0.25) is 0 Å². The third-order valence-electron chi connectivity index (χ3n) is 3.06. The van der Waals surface area contributed by atoms with Gasteiger partial charge >= 0.3 is 0 Å². The van der Waals surface area contributed by atoms with Gasteiger partial charge in [0.05, 0.1) is 12.8 Å². The standard InChI is InChI=1S/C12H14N4OS/c1-17-10-6-5-9(15-16-10)12-14-8-4-2-3-7(13)11(8)18-12/h5-7H,2-4,13H2,1H3. The molecule has 3 rings (SSSR count). The Morgan fingerprint density at radius 2 is 2.28 bits per heavy atom. The van der Waals surface area contributed by atoms with E-state index in [-0.39, 0.29) is 6.04 Å². The van der Waals surface area contributed by atoms with Gasteiger partial charge in [-0.3, -0.25) is 0 Å². The lowest BCUT2D eigenvalue weighted by atomic mass is 9.99. The lowest BCUT2D eigenvalue weighted by molar-refractivity contribution is 0.392. The van der Waals surface area contributed by atoms with Crippen LogP contribution in [0.1, 0.15) is 29.5 Å². The number of nitrogens with zero attached hydrogens (tertiary/aromatic N) is 3. The molecule has 1 atom stereocenters. The normalized spacial score (nSPS) is 18.4. The summed E-state index contributed by atoms with van der Waals surface area (Å²) in [6.07, 6.45) is 3.18. The maximum Gasteiger partial charge on any atom is 0.233 e. The van der Waals surface area contributed by atoms with Gasteiger partial charge in [0.25, 0.3) is 0 Å². The summed E-state index contributed by atoms with van der Waals surface area (Å²) >= 11 is 1.63. The fourth-order valence-electron chi connectivity index (χ4n) is 2.11. The van der Waals surface area contributed by atoms with E-state index in [9.17, 15) is 0 Å². The number of fused-ring (bicyclic) bond motifs is 1. The molecule has 1 aliphatic rings. The van der Waals surface area contributed by atoms with E-state index in [4.69, 9.17) is 10.5 Å². The monoisotopic (exact) mass is 262 g/mol. The van der Waals surface area contributed by atoms with Crippen molar-refractivity contribution in [2.24, 2.45) is 5.73 Å². The number of thiazole rings is 1. The Bertz CT molecular complexity index is 552. The molecule has 0 aromatic carbocycles.